The molecule has 1 aromatic rings. The number of aliphatic hydroxyl groups excluding tert-OH is 1. The highest BCUT2D eigenvalue weighted by Gasteiger charge is 2.12. The van der Waals surface area contributed by atoms with Crippen LogP contribution in [0.25, 0.3) is 0 Å². The summed E-state index contributed by atoms with van der Waals surface area (Å²) in [6.07, 6.45) is -0.0575. The second kappa shape index (κ2) is 7.76. The van der Waals surface area contributed by atoms with Crippen molar-refractivity contribution in [2.75, 3.05) is 13.1 Å². The molecule has 6 heteroatoms. The van der Waals surface area contributed by atoms with E-state index in [1.807, 2.05) is 12.1 Å². The molecule has 2 amide bonds. The van der Waals surface area contributed by atoms with E-state index in [4.69, 9.17) is 16.7 Å². The number of hydrogen-bond acceptors (Lipinski definition) is 3. The molecule has 5 nitrogen and oxygen atoms in total. The summed E-state index contributed by atoms with van der Waals surface area (Å²) < 4.78 is 0. The molecule has 104 valence electrons. The molecule has 0 aliphatic heterocycles. The van der Waals surface area contributed by atoms with E-state index in [0.717, 1.165) is 5.56 Å². The number of aliphatic hydroxyl groups is 1. The largest absolute Gasteiger partial charge is 0.392 e. The van der Waals surface area contributed by atoms with Gasteiger partial charge in [-0.05, 0) is 31.0 Å². The van der Waals surface area contributed by atoms with Crippen LogP contribution in [0.4, 0.5) is 0 Å². The summed E-state index contributed by atoms with van der Waals surface area (Å²) in [4.78, 5) is 22.7. The van der Waals surface area contributed by atoms with Crippen molar-refractivity contribution in [2.45, 2.75) is 19.4 Å². The first-order valence-electron chi connectivity index (χ1n) is 5.97. The monoisotopic (exact) mass is 284 g/mol. The Kier molecular flexibility index (Phi) is 6.32. The highest BCUT2D eigenvalue weighted by atomic mass is 35.5. The average Bonchev–Trinajstić information content (AvgIpc) is 2.38. The Hall–Kier alpha value is -1.59. The first-order valence-corrected chi connectivity index (χ1v) is 6.35. The summed E-state index contributed by atoms with van der Waals surface area (Å²) in [6, 6.07) is 7.27. The normalized spacial score (nSPS) is 11.7. The van der Waals surface area contributed by atoms with Crippen LogP contribution in [0, 0.1) is 0 Å². The van der Waals surface area contributed by atoms with E-state index < -0.39 is 17.9 Å². The van der Waals surface area contributed by atoms with Gasteiger partial charge in [-0.2, -0.15) is 0 Å². The number of carbonyl (C=O) groups excluding carboxylic acids is 2. The number of halogens is 1. The van der Waals surface area contributed by atoms with E-state index in [-0.39, 0.29) is 6.54 Å². The number of carbonyl (C=O) groups is 2. The average molecular weight is 285 g/mol. The standard InChI is InChI=1S/C13H17ClN2O3/c1-9(17)8-16-13(19)12(18)15-7-6-10-2-4-11(14)5-3-10/h2-5,9,17H,6-8H2,1H3,(H,15,18)(H,16,19)/t9-/m0/s1. The summed E-state index contributed by atoms with van der Waals surface area (Å²) in [5.41, 5.74) is 1.02. The molecule has 0 saturated carbocycles. The minimum Gasteiger partial charge on any atom is -0.392 e. The maximum Gasteiger partial charge on any atom is 0.309 e. The molecule has 0 radical (unpaired) electrons. The predicted molar refractivity (Wildman–Crippen MR) is 72.9 cm³/mol. The molecule has 0 saturated heterocycles. The second-order valence-corrected chi connectivity index (χ2v) is 4.63. The summed E-state index contributed by atoms with van der Waals surface area (Å²) in [7, 11) is 0. The smallest absolute Gasteiger partial charge is 0.309 e. The van der Waals surface area contributed by atoms with E-state index in [1.54, 1.807) is 12.1 Å². The highest BCUT2D eigenvalue weighted by Crippen LogP contribution is 2.09. The molecule has 0 aliphatic rings. The van der Waals surface area contributed by atoms with Gasteiger partial charge >= 0.3 is 11.8 Å². The minimum absolute atomic E-state index is 0.0590. The molecule has 0 spiro atoms. The van der Waals surface area contributed by atoms with Crippen LogP contribution in [0.1, 0.15) is 12.5 Å². The van der Waals surface area contributed by atoms with Gasteiger partial charge in [-0.1, -0.05) is 23.7 Å². The lowest BCUT2D eigenvalue weighted by atomic mass is 10.1. The van der Waals surface area contributed by atoms with Gasteiger partial charge in [0, 0.05) is 18.1 Å². The zero-order valence-corrected chi connectivity index (χ0v) is 11.4. The molecule has 3 N–H and O–H groups in total. The number of nitrogens with one attached hydrogen (secondary N) is 2. The Morgan fingerprint density at radius 1 is 1.21 bits per heavy atom. The Bertz CT molecular complexity index is 432. The van der Waals surface area contributed by atoms with Gasteiger partial charge in [0.1, 0.15) is 0 Å². The Labute approximate surface area is 117 Å². The molecule has 1 atom stereocenters. The van der Waals surface area contributed by atoms with Crippen LogP contribution in [-0.2, 0) is 16.0 Å². The molecule has 0 unspecified atom stereocenters. The molecule has 0 aliphatic carbocycles. The van der Waals surface area contributed by atoms with Crippen LogP contribution in [0.3, 0.4) is 0 Å². The number of benzene rings is 1. The predicted octanol–water partition coefficient (Wildman–Crippen LogP) is 0.496. The van der Waals surface area contributed by atoms with Gasteiger partial charge in [0.2, 0.25) is 0 Å². The highest BCUT2D eigenvalue weighted by molar-refractivity contribution is 6.35. The molecule has 0 heterocycles. The van der Waals surface area contributed by atoms with Gasteiger partial charge in [-0.25, -0.2) is 0 Å². The van der Waals surface area contributed by atoms with Crippen LogP contribution in [-0.4, -0.2) is 36.1 Å². The summed E-state index contributed by atoms with van der Waals surface area (Å²) in [6.45, 7) is 1.95. The van der Waals surface area contributed by atoms with Crippen LogP contribution >= 0.6 is 11.6 Å². The molecule has 1 rings (SSSR count). The van der Waals surface area contributed by atoms with Gasteiger partial charge in [-0.15, -0.1) is 0 Å². The first-order chi connectivity index (χ1) is 8.99. The minimum atomic E-state index is -0.739. The Balaban J connectivity index is 2.26. The fourth-order valence-electron chi connectivity index (χ4n) is 1.37. The molecule has 1 aromatic carbocycles. The Morgan fingerprint density at radius 3 is 2.37 bits per heavy atom. The third-order valence-electron chi connectivity index (χ3n) is 2.38. The van der Waals surface area contributed by atoms with E-state index in [2.05, 4.69) is 10.6 Å². The fraction of sp³-hybridized carbons (Fsp3) is 0.385. The van der Waals surface area contributed by atoms with Gasteiger partial charge in [0.05, 0.1) is 6.10 Å². The SMILES string of the molecule is C[C@H](O)CNC(=O)C(=O)NCCc1ccc(Cl)cc1. The quantitative estimate of drug-likeness (QED) is 0.689. The molecular weight excluding hydrogens is 268 g/mol. The number of amides is 2. The van der Waals surface area contributed by atoms with Crippen LogP contribution < -0.4 is 10.6 Å². The first kappa shape index (κ1) is 15.5. The van der Waals surface area contributed by atoms with Gasteiger partial charge in [0.15, 0.2) is 0 Å². The summed E-state index contributed by atoms with van der Waals surface area (Å²) in [5.74, 6) is -1.44. The molecular formula is C13H17ClN2O3. The van der Waals surface area contributed by atoms with E-state index in [9.17, 15) is 9.59 Å². The zero-order chi connectivity index (χ0) is 14.3. The van der Waals surface area contributed by atoms with Crippen molar-refractivity contribution in [3.05, 3.63) is 34.9 Å². The van der Waals surface area contributed by atoms with Crippen molar-refractivity contribution >= 4 is 23.4 Å². The third kappa shape index (κ3) is 6.22. The van der Waals surface area contributed by atoms with Crippen molar-refractivity contribution in [1.29, 1.82) is 0 Å². The lowest BCUT2D eigenvalue weighted by Gasteiger charge is -2.07. The van der Waals surface area contributed by atoms with E-state index >= 15 is 0 Å². The van der Waals surface area contributed by atoms with Crippen molar-refractivity contribution < 1.29 is 14.7 Å². The van der Waals surface area contributed by atoms with Crippen molar-refractivity contribution in [3.8, 4) is 0 Å². The lowest BCUT2D eigenvalue weighted by Crippen LogP contribution is -2.42. The van der Waals surface area contributed by atoms with Crippen LogP contribution in [0.5, 0.6) is 0 Å². The van der Waals surface area contributed by atoms with Crippen molar-refractivity contribution in [3.63, 3.8) is 0 Å². The van der Waals surface area contributed by atoms with Gasteiger partial charge in [0.25, 0.3) is 0 Å². The van der Waals surface area contributed by atoms with Gasteiger partial charge < -0.3 is 15.7 Å². The molecule has 0 bridgehead atoms. The molecule has 19 heavy (non-hydrogen) atoms. The Morgan fingerprint density at radius 2 is 1.79 bits per heavy atom. The van der Waals surface area contributed by atoms with Crippen molar-refractivity contribution in [2.24, 2.45) is 0 Å². The summed E-state index contributed by atoms with van der Waals surface area (Å²) >= 11 is 5.75. The number of hydrogen-bond donors (Lipinski definition) is 3. The topological polar surface area (TPSA) is 78.4 Å². The third-order valence-corrected chi connectivity index (χ3v) is 2.63. The van der Waals surface area contributed by atoms with Gasteiger partial charge in [-0.3, -0.25) is 9.59 Å². The zero-order valence-electron chi connectivity index (χ0n) is 10.6. The van der Waals surface area contributed by atoms with E-state index in [1.165, 1.54) is 6.92 Å². The fourth-order valence-corrected chi connectivity index (χ4v) is 1.50. The molecule has 0 fully saturated rings. The van der Waals surface area contributed by atoms with E-state index in [0.29, 0.717) is 18.0 Å². The molecule has 0 aromatic heterocycles. The number of rotatable bonds is 5. The van der Waals surface area contributed by atoms with Crippen LogP contribution in [0.15, 0.2) is 24.3 Å². The lowest BCUT2D eigenvalue weighted by molar-refractivity contribution is -0.139. The van der Waals surface area contributed by atoms with Crippen molar-refractivity contribution in [1.82, 2.24) is 10.6 Å². The second-order valence-electron chi connectivity index (χ2n) is 4.19. The summed E-state index contributed by atoms with van der Waals surface area (Å²) in [5, 5.41) is 14.5. The maximum absolute atomic E-state index is 11.4. The van der Waals surface area contributed by atoms with Crippen LogP contribution in [0.2, 0.25) is 5.02 Å². The maximum atomic E-state index is 11.4.